The first-order valence-corrected chi connectivity index (χ1v) is 6.64. The van der Waals surface area contributed by atoms with Crippen LogP contribution in [0.1, 0.15) is 31.9 Å². The van der Waals surface area contributed by atoms with E-state index in [2.05, 4.69) is 16.7 Å². The molecule has 2 N–H and O–H groups in total. The van der Waals surface area contributed by atoms with Gasteiger partial charge >= 0.3 is 6.09 Å². The number of benzene rings is 1. The molecule has 2 rings (SSSR count). The molecule has 0 saturated carbocycles. The number of nitriles is 1. The SMILES string of the molecule is CC(C)(C)OC(=O)N[C@H]1CNc2ccc(C#N)cc2C1. The molecule has 0 fully saturated rings. The molecule has 0 aromatic heterocycles. The van der Waals surface area contributed by atoms with E-state index < -0.39 is 11.7 Å². The van der Waals surface area contributed by atoms with E-state index in [0.717, 1.165) is 11.3 Å². The molecule has 1 heterocycles. The lowest BCUT2D eigenvalue weighted by Gasteiger charge is -2.28. The van der Waals surface area contributed by atoms with Gasteiger partial charge in [-0.15, -0.1) is 0 Å². The highest BCUT2D eigenvalue weighted by atomic mass is 16.6. The zero-order valence-corrected chi connectivity index (χ0v) is 12.0. The molecule has 1 aromatic rings. The number of hydrogen-bond donors (Lipinski definition) is 2. The predicted octanol–water partition coefficient (Wildman–Crippen LogP) is 2.42. The Kier molecular flexibility index (Phi) is 3.84. The third-order valence-corrected chi connectivity index (χ3v) is 2.96. The Balaban J connectivity index is 2.00. The number of nitrogens with zero attached hydrogens (tertiary/aromatic N) is 1. The Labute approximate surface area is 118 Å². The highest BCUT2D eigenvalue weighted by molar-refractivity contribution is 5.69. The van der Waals surface area contributed by atoms with Gasteiger partial charge in [-0.3, -0.25) is 0 Å². The van der Waals surface area contributed by atoms with Crippen molar-refractivity contribution in [3.05, 3.63) is 29.3 Å². The number of alkyl carbamates (subject to hydrolysis) is 1. The van der Waals surface area contributed by atoms with Crippen LogP contribution in [0.25, 0.3) is 0 Å². The Morgan fingerprint density at radius 1 is 1.50 bits per heavy atom. The molecule has 5 nitrogen and oxygen atoms in total. The van der Waals surface area contributed by atoms with Crippen molar-refractivity contribution in [3.63, 3.8) is 0 Å². The van der Waals surface area contributed by atoms with E-state index in [0.29, 0.717) is 18.5 Å². The van der Waals surface area contributed by atoms with Crippen molar-refractivity contribution < 1.29 is 9.53 Å². The van der Waals surface area contributed by atoms with E-state index in [-0.39, 0.29) is 6.04 Å². The molecule has 0 radical (unpaired) electrons. The second-order valence-electron chi connectivity index (χ2n) is 5.91. The molecule has 5 heteroatoms. The Morgan fingerprint density at radius 3 is 2.90 bits per heavy atom. The second-order valence-corrected chi connectivity index (χ2v) is 5.91. The number of carbonyl (C=O) groups excluding carboxylic acids is 1. The average Bonchev–Trinajstić information content (AvgIpc) is 2.35. The van der Waals surface area contributed by atoms with Crippen LogP contribution in [0.5, 0.6) is 0 Å². The molecule has 1 aliphatic rings. The van der Waals surface area contributed by atoms with Crippen molar-refractivity contribution in [2.45, 2.75) is 38.8 Å². The lowest BCUT2D eigenvalue weighted by Crippen LogP contribution is -2.45. The summed E-state index contributed by atoms with van der Waals surface area (Å²) in [6, 6.07) is 7.63. The van der Waals surface area contributed by atoms with Gasteiger partial charge in [0.25, 0.3) is 0 Å². The van der Waals surface area contributed by atoms with Crippen LogP contribution in [-0.2, 0) is 11.2 Å². The molecule has 1 aromatic carbocycles. The molecule has 0 spiro atoms. The smallest absolute Gasteiger partial charge is 0.407 e. The Bertz CT molecular complexity index is 555. The van der Waals surface area contributed by atoms with Gasteiger partial charge in [-0.05, 0) is 51.0 Å². The van der Waals surface area contributed by atoms with Gasteiger partial charge in [-0.2, -0.15) is 5.26 Å². The standard InChI is InChI=1S/C15H19N3O2/c1-15(2,3)20-14(19)18-12-7-11-6-10(8-16)4-5-13(11)17-9-12/h4-6,12,17H,7,9H2,1-3H3,(H,18,19)/t12-/m1/s1. The van der Waals surface area contributed by atoms with Gasteiger partial charge in [0, 0.05) is 12.2 Å². The van der Waals surface area contributed by atoms with Gasteiger partial charge in [0.2, 0.25) is 0 Å². The third kappa shape index (κ3) is 3.64. The van der Waals surface area contributed by atoms with Gasteiger partial charge in [-0.1, -0.05) is 0 Å². The van der Waals surface area contributed by atoms with Crippen molar-refractivity contribution in [3.8, 4) is 6.07 Å². The minimum absolute atomic E-state index is 0.0358. The summed E-state index contributed by atoms with van der Waals surface area (Å²) in [6.07, 6.45) is 0.279. The van der Waals surface area contributed by atoms with Gasteiger partial charge in [0.1, 0.15) is 5.60 Å². The van der Waals surface area contributed by atoms with Crippen LogP contribution in [0.4, 0.5) is 10.5 Å². The quantitative estimate of drug-likeness (QED) is 0.824. The van der Waals surface area contributed by atoms with E-state index in [1.54, 1.807) is 6.07 Å². The monoisotopic (exact) mass is 273 g/mol. The van der Waals surface area contributed by atoms with Crippen LogP contribution in [0.2, 0.25) is 0 Å². The van der Waals surface area contributed by atoms with E-state index >= 15 is 0 Å². The van der Waals surface area contributed by atoms with Gasteiger partial charge in [0.05, 0.1) is 17.7 Å². The van der Waals surface area contributed by atoms with Crippen molar-refractivity contribution in [2.24, 2.45) is 0 Å². The van der Waals surface area contributed by atoms with E-state index in [4.69, 9.17) is 10.00 Å². The number of anilines is 1. The second kappa shape index (κ2) is 5.41. The minimum Gasteiger partial charge on any atom is -0.444 e. The average molecular weight is 273 g/mol. The fourth-order valence-corrected chi connectivity index (χ4v) is 2.15. The largest absolute Gasteiger partial charge is 0.444 e. The molecule has 0 aliphatic carbocycles. The van der Waals surface area contributed by atoms with Crippen LogP contribution in [0, 0.1) is 11.3 Å². The van der Waals surface area contributed by atoms with Crippen LogP contribution in [0.3, 0.4) is 0 Å². The van der Waals surface area contributed by atoms with Crippen molar-refractivity contribution >= 4 is 11.8 Å². The van der Waals surface area contributed by atoms with Crippen LogP contribution in [0.15, 0.2) is 18.2 Å². The predicted molar refractivity (Wildman–Crippen MR) is 76.5 cm³/mol. The highest BCUT2D eigenvalue weighted by Gasteiger charge is 2.23. The fourth-order valence-electron chi connectivity index (χ4n) is 2.15. The highest BCUT2D eigenvalue weighted by Crippen LogP contribution is 2.23. The summed E-state index contributed by atoms with van der Waals surface area (Å²) in [7, 11) is 0. The molecule has 0 bridgehead atoms. The molecule has 106 valence electrons. The first-order valence-electron chi connectivity index (χ1n) is 6.64. The number of carbonyl (C=O) groups is 1. The summed E-state index contributed by atoms with van der Waals surface area (Å²) in [5.41, 5.74) is 2.18. The van der Waals surface area contributed by atoms with Gasteiger partial charge < -0.3 is 15.4 Å². The molecular weight excluding hydrogens is 254 g/mol. The summed E-state index contributed by atoms with van der Waals surface area (Å²) in [5, 5.41) is 15.0. The first kappa shape index (κ1) is 14.2. The summed E-state index contributed by atoms with van der Waals surface area (Å²) in [6.45, 7) is 6.15. The van der Waals surface area contributed by atoms with E-state index in [1.807, 2.05) is 32.9 Å². The minimum atomic E-state index is -0.502. The van der Waals surface area contributed by atoms with Crippen LogP contribution in [-0.4, -0.2) is 24.3 Å². The summed E-state index contributed by atoms with van der Waals surface area (Å²) in [5.74, 6) is 0. The number of fused-ring (bicyclic) bond motifs is 1. The summed E-state index contributed by atoms with van der Waals surface area (Å²) < 4.78 is 5.24. The number of ether oxygens (including phenoxy) is 1. The zero-order chi connectivity index (χ0) is 14.8. The maximum absolute atomic E-state index is 11.7. The first-order chi connectivity index (χ1) is 9.37. The fraction of sp³-hybridized carbons (Fsp3) is 0.467. The third-order valence-electron chi connectivity index (χ3n) is 2.96. The van der Waals surface area contributed by atoms with Crippen molar-refractivity contribution in [1.82, 2.24) is 5.32 Å². The normalized spacial score (nSPS) is 17.4. The van der Waals surface area contributed by atoms with Crippen molar-refractivity contribution in [2.75, 3.05) is 11.9 Å². The lowest BCUT2D eigenvalue weighted by molar-refractivity contribution is 0.0506. The van der Waals surface area contributed by atoms with Crippen LogP contribution >= 0.6 is 0 Å². The topological polar surface area (TPSA) is 74.2 Å². The lowest BCUT2D eigenvalue weighted by atomic mass is 9.98. The summed E-state index contributed by atoms with van der Waals surface area (Å²) in [4.78, 5) is 11.7. The molecule has 1 amide bonds. The van der Waals surface area contributed by atoms with E-state index in [9.17, 15) is 4.79 Å². The molecule has 1 aliphatic heterocycles. The number of nitrogens with one attached hydrogen (secondary N) is 2. The zero-order valence-electron chi connectivity index (χ0n) is 12.0. The Morgan fingerprint density at radius 2 is 2.25 bits per heavy atom. The van der Waals surface area contributed by atoms with Gasteiger partial charge in [-0.25, -0.2) is 4.79 Å². The molecule has 0 unspecified atom stereocenters. The maximum atomic E-state index is 11.7. The van der Waals surface area contributed by atoms with E-state index in [1.165, 1.54) is 0 Å². The molecular formula is C15H19N3O2. The van der Waals surface area contributed by atoms with Crippen molar-refractivity contribution in [1.29, 1.82) is 5.26 Å². The summed E-state index contributed by atoms with van der Waals surface area (Å²) >= 11 is 0. The molecule has 0 saturated heterocycles. The number of hydrogen-bond acceptors (Lipinski definition) is 4. The van der Waals surface area contributed by atoms with Crippen LogP contribution < -0.4 is 10.6 Å². The molecule has 1 atom stereocenters. The van der Waals surface area contributed by atoms with Gasteiger partial charge in [0.15, 0.2) is 0 Å². The maximum Gasteiger partial charge on any atom is 0.407 e. The molecule has 20 heavy (non-hydrogen) atoms. The Hall–Kier alpha value is -2.22. The number of amides is 1. The number of rotatable bonds is 1.